The molecule has 2 unspecified atom stereocenters. The van der Waals surface area contributed by atoms with Crippen LogP contribution in [0.5, 0.6) is 0 Å². The highest BCUT2D eigenvalue weighted by Crippen LogP contribution is 2.44. The van der Waals surface area contributed by atoms with Crippen molar-refractivity contribution in [3.63, 3.8) is 0 Å². The van der Waals surface area contributed by atoms with Gasteiger partial charge in [0.05, 0.1) is 39.6 Å². The molecule has 6 bridgehead atoms. The average molecular weight is 901 g/mol. The summed E-state index contributed by atoms with van der Waals surface area (Å²) in [6.07, 6.45) is 17.9. The second-order valence-corrected chi connectivity index (χ2v) is 27.7. The summed E-state index contributed by atoms with van der Waals surface area (Å²) in [5.41, 5.74) is -2.07. The maximum absolute atomic E-state index is 14.1. The van der Waals surface area contributed by atoms with Gasteiger partial charge in [0.25, 0.3) is 0 Å². The fraction of sp³-hybridized carbons (Fsp3) is 0.947. The third-order valence-corrected chi connectivity index (χ3v) is 23.7. The summed E-state index contributed by atoms with van der Waals surface area (Å²) < 4.78 is 37.9. The maximum Gasteiger partial charge on any atom is 0.501 e. The molecule has 2 amide bonds. The van der Waals surface area contributed by atoms with E-state index in [0.717, 1.165) is 62.9 Å². The predicted octanol–water partition coefficient (Wildman–Crippen LogP) is 7.68. The topological polar surface area (TPSA) is 154 Å². The summed E-state index contributed by atoms with van der Waals surface area (Å²) >= 11 is 0. The van der Waals surface area contributed by atoms with E-state index in [1.165, 1.54) is 44.9 Å². The number of amides is 2. The molecule has 7 fully saturated rings. The Bertz CT molecular complexity index is 1040. The molecular formula is C38H72N2O10S4Si2. The normalized spacial score (nSPS) is 35.6. The zero-order valence-corrected chi connectivity index (χ0v) is 39.4. The van der Waals surface area contributed by atoms with Crippen molar-refractivity contribution in [2.75, 3.05) is 64.4 Å². The number of aliphatic hydroxyl groups is 2. The summed E-state index contributed by atoms with van der Waals surface area (Å²) in [7, 11) is 1.18. The van der Waals surface area contributed by atoms with Crippen LogP contribution in [0.15, 0.2) is 0 Å². The van der Waals surface area contributed by atoms with Gasteiger partial charge in [-0.2, -0.15) is 0 Å². The molecule has 0 aromatic heterocycles. The molecule has 6 aliphatic heterocycles. The number of aliphatic hydroxyl groups excluding tert-OH is 2. The monoisotopic (exact) mass is 900 g/mol. The van der Waals surface area contributed by atoms with Gasteiger partial charge < -0.3 is 47.4 Å². The fourth-order valence-corrected chi connectivity index (χ4v) is 20.0. The Morgan fingerprint density at radius 1 is 0.571 bits per heavy atom. The molecule has 2 atom stereocenters. The van der Waals surface area contributed by atoms with Crippen molar-refractivity contribution in [1.29, 1.82) is 0 Å². The van der Waals surface area contributed by atoms with Crippen LogP contribution in [0.4, 0.5) is 0 Å². The van der Waals surface area contributed by atoms with E-state index in [2.05, 4.69) is 10.6 Å². The van der Waals surface area contributed by atoms with Gasteiger partial charge in [-0.05, 0) is 72.0 Å². The molecule has 4 N–H and O–H groups in total. The molecule has 0 radical (unpaired) electrons. The van der Waals surface area contributed by atoms with Crippen LogP contribution >= 0.6 is 41.2 Å². The van der Waals surface area contributed by atoms with E-state index in [1.807, 2.05) is 13.8 Å². The first-order valence-electron chi connectivity index (χ1n) is 21.5. The Morgan fingerprint density at radius 3 is 1.25 bits per heavy atom. The molecule has 0 aromatic carbocycles. The third kappa shape index (κ3) is 16.4. The van der Waals surface area contributed by atoms with Crippen LogP contribution in [-0.2, 0) is 36.1 Å². The summed E-state index contributed by atoms with van der Waals surface area (Å²) in [5, 5.41) is 27.7. The van der Waals surface area contributed by atoms with Gasteiger partial charge in [0.2, 0.25) is 11.8 Å². The van der Waals surface area contributed by atoms with Crippen molar-refractivity contribution in [3.05, 3.63) is 0 Å². The van der Waals surface area contributed by atoms with Gasteiger partial charge in [0.1, 0.15) is 11.1 Å². The standard InChI is InChI=1S/C38H72N2O10S4Si2/c1-3-45-55-25-17-23-51-53-54-52-24-18-26-56(46-4-2)49-31-38(28-42,32-50-56)40-36(44)34-20-15-13-11-9-7-5-6-8-10-12-14-19-33(21-16-22-34)35(43)39-37(27-41,29-47-55)30-48-55/h33-34,41-42H,3-32H2,1-2H3,(H,39,43)(H,40,44). The minimum absolute atomic E-state index is 0.0916. The minimum Gasteiger partial charge on any atom is -0.394 e. The van der Waals surface area contributed by atoms with E-state index in [-0.39, 0.29) is 63.3 Å². The van der Waals surface area contributed by atoms with Crippen LogP contribution in [0.1, 0.15) is 129 Å². The number of carbonyl (C=O) groups is 2. The van der Waals surface area contributed by atoms with Crippen molar-refractivity contribution < 1.29 is 46.4 Å². The van der Waals surface area contributed by atoms with Gasteiger partial charge in [-0.1, -0.05) is 98.6 Å². The first-order chi connectivity index (χ1) is 27.3. The summed E-state index contributed by atoms with van der Waals surface area (Å²) in [5.74, 6) is 1.14. The zero-order valence-electron chi connectivity index (χ0n) is 34.2. The Balaban J connectivity index is 1.52. The van der Waals surface area contributed by atoms with Gasteiger partial charge in [0.15, 0.2) is 0 Å². The summed E-state index contributed by atoms with van der Waals surface area (Å²) in [4.78, 5) is 28.2. The fourth-order valence-electron chi connectivity index (χ4n) is 7.93. The third-order valence-electron chi connectivity index (χ3n) is 11.4. The van der Waals surface area contributed by atoms with E-state index in [4.69, 9.17) is 26.6 Å². The Morgan fingerprint density at radius 2 is 0.911 bits per heavy atom. The van der Waals surface area contributed by atoms with Crippen LogP contribution in [0.3, 0.4) is 0 Å². The average Bonchev–Trinajstić information content (AvgIpc) is 3.20. The number of nitrogens with one attached hydrogen (secondary N) is 2. The van der Waals surface area contributed by atoms with Crippen molar-refractivity contribution >= 4 is 70.7 Å². The van der Waals surface area contributed by atoms with Crippen molar-refractivity contribution in [1.82, 2.24) is 10.6 Å². The van der Waals surface area contributed by atoms with Crippen LogP contribution in [-0.4, -0.2) is 115 Å². The van der Waals surface area contributed by atoms with E-state index in [1.54, 1.807) is 41.2 Å². The molecular weight excluding hydrogens is 829 g/mol. The van der Waals surface area contributed by atoms with Crippen LogP contribution < -0.4 is 10.6 Å². The molecule has 7 rings (SSSR count). The summed E-state index contributed by atoms with van der Waals surface area (Å²) in [6, 6.07) is 1.36. The molecule has 12 nitrogen and oxygen atoms in total. The quantitative estimate of drug-likeness (QED) is 0.152. The first-order valence-corrected chi connectivity index (χ1v) is 30.5. The number of rotatable bonds is 6. The second kappa shape index (κ2) is 26.7. The van der Waals surface area contributed by atoms with Gasteiger partial charge >= 0.3 is 17.6 Å². The van der Waals surface area contributed by atoms with Crippen molar-refractivity contribution in [2.24, 2.45) is 11.8 Å². The molecule has 0 spiro atoms. The van der Waals surface area contributed by atoms with Crippen LogP contribution in [0, 0.1) is 11.8 Å². The summed E-state index contributed by atoms with van der Waals surface area (Å²) in [6.45, 7) is 4.86. The second-order valence-electron chi connectivity index (χ2n) is 16.0. The van der Waals surface area contributed by atoms with E-state index < -0.39 is 28.7 Å². The molecule has 56 heavy (non-hydrogen) atoms. The number of hydrogen-bond donors (Lipinski definition) is 4. The molecule has 0 aromatic rings. The largest absolute Gasteiger partial charge is 0.501 e. The van der Waals surface area contributed by atoms with E-state index in [0.29, 0.717) is 44.6 Å². The highest BCUT2D eigenvalue weighted by atomic mass is 33.7. The molecule has 7 aliphatic rings. The Kier molecular flexibility index (Phi) is 23.4. The predicted molar refractivity (Wildman–Crippen MR) is 234 cm³/mol. The highest BCUT2D eigenvalue weighted by Gasteiger charge is 2.52. The van der Waals surface area contributed by atoms with Gasteiger partial charge in [-0.25, -0.2) is 0 Å². The minimum atomic E-state index is -2.96. The smallest absolute Gasteiger partial charge is 0.394 e. The lowest BCUT2D eigenvalue weighted by Gasteiger charge is -2.44. The van der Waals surface area contributed by atoms with Gasteiger partial charge in [0, 0.05) is 48.6 Å². The highest BCUT2D eigenvalue weighted by molar-refractivity contribution is 9.26. The number of carbonyl (C=O) groups excluding carboxylic acids is 2. The Hall–Kier alpha value is 0.454. The van der Waals surface area contributed by atoms with Gasteiger partial charge in [-0.3, -0.25) is 9.59 Å². The van der Waals surface area contributed by atoms with E-state index >= 15 is 0 Å². The molecule has 18 heteroatoms. The lowest BCUT2D eigenvalue weighted by molar-refractivity contribution is -0.132. The Labute approximate surface area is 354 Å². The van der Waals surface area contributed by atoms with Crippen molar-refractivity contribution in [2.45, 2.75) is 153 Å². The van der Waals surface area contributed by atoms with Crippen LogP contribution in [0.25, 0.3) is 0 Å². The lowest BCUT2D eigenvalue weighted by Crippen LogP contribution is -2.67. The lowest BCUT2D eigenvalue weighted by atomic mass is 9.88. The zero-order chi connectivity index (χ0) is 40.0. The molecule has 1 saturated carbocycles. The molecule has 326 valence electrons. The number of hydrogen-bond acceptors (Lipinski definition) is 14. The SMILES string of the molecule is CCO[Si]12CCCSSSSCCC[Si]3(OCC)OCC(CO)(CO3)NC(=O)C3CCCCCCCCCCCCCC(CCC3)C(=O)NC(CO)(CO1)CO2. The van der Waals surface area contributed by atoms with Gasteiger partial charge in [-0.15, -0.1) is 0 Å². The molecule has 1 aliphatic carbocycles. The first kappa shape index (κ1) is 49.1. The maximum atomic E-state index is 14.1. The van der Waals surface area contributed by atoms with Crippen LogP contribution in [0.2, 0.25) is 12.1 Å². The van der Waals surface area contributed by atoms with Crippen molar-refractivity contribution in [3.8, 4) is 0 Å². The van der Waals surface area contributed by atoms with E-state index in [9.17, 15) is 19.8 Å². The molecule has 6 heterocycles. The molecule has 6 saturated heterocycles.